The lowest BCUT2D eigenvalue weighted by Crippen LogP contribution is -1.97. The summed E-state index contributed by atoms with van der Waals surface area (Å²) in [6.07, 6.45) is 3.47. The Labute approximate surface area is 100 Å². The van der Waals surface area contributed by atoms with Crippen LogP contribution in [0.15, 0.2) is 65.5 Å². The molecule has 0 radical (unpaired) electrons. The molecule has 0 bridgehead atoms. The van der Waals surface area contributed by atoms with Crippen LogP contribution in [0.4, 0.5) is 0 Å². The van der Waals surface area contributed by atoms with Crippen molar-refractivity contribution in [3.63, 3.8) is 0 Å². The lowest BCUT2D eigenvalue weighted by molar-refractivity contribution is 0.568. The Morgan fingerprint density at radius 3 is 2.47 bits per heavy atom. The lowest BCUT2D eigenvalue weighted by atomic mass is 10.2. The zero-order valence-electron chi connectivity index (χ0n) is 9.63. The Balaban J connectivity index is 2.20. The molecule has 3 rings (SSSR count). The van der Waals surface area contributed by atoms with Crippen molar-refractivity contribution >= 4 is 0 Å². The molecule has 0 aliphatic heterocycles. The quantitative estimate of drug-likeness (QED) is 0.641. The van der Waals surface area contributed by atoms with Gasteiger partial charge in [0.25, 0.3) is 0 Å². The van der Waals surface area contributed by atoms with Gasteiger partial charge in [0, 0.05) is 16.9 Å². The monoisotopic (exact) mass is 223 g/mol. The summed E-state index contributed by atoms with van der Waals surface area (Å²) in [6, 6.07) is 16.6. The van der Waals surface area contributed by atoms with Crippen molar-refractivity contribution in [2.45, 2.75) is 6.92 Å². The van der Waals surface area contributed by atoms with Crippen LogP contribution in [0.25, 0.3) is 16.9 Å². The third kappa shape index (κ3) is 1.68. The lowest BCUT2D eigenvalue weighted by Gasteiger charge is -2.10. The van der Waals surface area contributed by atoms with E-state index in [0.717, 1.165) is 11.3 Å². The molecule has 0 saturated carbocycles. The summed E-state index contributed by atoms with van der Waals surface area (Å²) in [5.41, 5.74) is 4.64. The van der Waals surface area contributed by atoms with Gasteiger partial charge in [-0.2, -0.15) is 0 Å². The molecule has 84 valence electrons. The van der Waals surface area contributed by atoms with Gasteiger partial charge < -0.3 is 8.98 Å². The van der Waals surface area contributed by atoms with E-state index in [9.17, 15) is 0 Å². The topological polar surface area (TPSA) is 18.1 Å². The molecule has 0 aliphatic carbocycles. The Kier molecular flexibility index (Phi) is 2.33. The molecule has 2 nitrogen and oxygen atoms in total. The second-order valence-corrected chi connectivity index (χ2v) is 4.04. The van der Waals surface area contributed by atoms with Crippen LogP contribution in [0, 0.1) is 6.92 Å². The number of aromatic nitrogens is 1. The smallest absolute Gasteiger partial charge is 0.0996 e. The van der Waals surface area contributed by atoms with Gasteiger partial charge in [-0.3, -0.25) is 0 Å². The van der Waals surface area contributed by atoms with Gasteiger partial charge in [0.05, 0.1) is 18.2 Å². The number of benzene rings is 1. The van der Waals surface area contributed by atoms with E-state index in [0.29, 0.717) is 0 Å². The van der Waals surface area contributed by atoms with E-state index in [4.69, 9.17) is 4.42 Å². The largest absolute Gasteiger partial charge is 0.472 e. The maximum absolute atomic E-state index is 5.16. The summed E-state index contributed by atoms with van der Waals surface area (Å²) in [5, 5.41) is 0. The first kappa shape index (κ1) is 9.97. The van der Waals surface area contributed by atoms with Crippen molar-refractivity contribution in [1.82, 2.24) is 4.57 Å². The van der Waals surface area contributed by atoms with Crippen molar-refractivity contribution in [3.8, 4) is 16.9 Å². The average molecular weight is 223 g/mol. The number of hydrogen-bond acceptors (Lipinski definition) is 1. The molecular formula is C15H13NO. The zero-order valence-corrected chi connectivity index (χ0v) is 9.63. The van der Waals surface area contributed by atoms with Crippen LogP contribution in [0.3, 0.4) is 0 Å². The van der Waals surface area contributed by atoms with Crippen LogP contribution >= 0.6 is 0 Å². The third-order valence-corrected chi connectivity index (χ3v) is 2.91. The van der Waals surface area contributed by atoms with E-state index in [2.05, 4.69) is 35.8 Å². The number of furan rings is 1. The molecule has 0 N–H and O–H groups in total. The highest BCUT2D eigenvalue weighted by Crippen LogP contribution is 2.26. The van der Waals surface area contributed by atoms with E-state index in [1.54, 1.807) is 12.5 Å². The summed E-state index contributed by atoms with van der Waals surface area (Å²) in [7, 11) is 0. The second kappa shape index (κ2) is 3.98. The van der Waals surface area contributed by atoms with Crippen LogP contribution in [0.5, 0.6) is 0 Å². The molecule has 17 heavy (non-hydrogen) atoms. The van der Waals surface area contributed by atoms with Crippen molar-refractivity contribution in [3.05, 3.63) is 66.8 Å². The Morgan fingerprint density at radius 2 is 1.76 bits per heavy atom. The van der Waals surface area contributed by atoms with E-state index in [-0.39, 0.29) is 0 Å². The maximum atomic E-state index is 5.16. The molecule has 0 unspecified atom stereocenters. The van der Waals surface area contributed by atoms with Crippen LogP contribution in [0.2, 0.25) is 0 Å². The van der Waals surface area contributed by atoms with Crippen molar-refractivity contribution in [2.24, 2.45) is 0 Å². The minimum atomic E-state index is 1.10. The van der Waals surface area contributed by atoms with Gasteiger partial charge in [-0.1, -0.05) is 18.2 Å². The molecule has 0 amide bonds. The minimum Gasteiger partial charge on any atom is -0.472 e. The highest BCUT2D eigenvalue weighted by molar-refractivity contribution is 5.62. The first-order valence-corrected chi connectivity index (χ1v) is 5.62. The first-order valence-electron chi connectivity index (χ1n) is 5.62. The van der Waals surface area contributed by atoms with Crippen LogP contribution in [-0.2, 0) is 0 Å². The minimum absolute atomic E-state index is 1.10. The standard InChI is InChI=1S/C15H13NO/c1-12-7-8-15(13-9-10-17-11-13)16(12)14-5-3-2-4-6-14/h2-11H,1H3. The van der Waals surface area contributed by atoms with E-state index in [1.165, 1.54) is 11.4 Å². The van der Waals surface area contributed by atoms with Gasteiger partial charge in [0.1, 0.15) is 0 Å². The molecule has 0 spiro atoms. The van der Waals surface area contributed by atoms with Crippen LogP contribution in [-0.4, -0.2) is 4.57 Å². The molecule has 2 aromatic heterocycles. The summed E-state index contributed by atoms with van der Waals surface area (Å²) in [5.74, 6) is 0. The summed E-state index contributed by atoms with van der Waals surface area (Å²) < 4.78 is 7.38. The SMILES string of the molecule is Cc1ccc(-c2ccoc2)n1-c1ccccc1. The average Bonchev–Trinajstić information content (AvgIpc) is 2.98. The Hall–Kier alpha value is -2.22. The maximum Gasteiger partial charge on any atom is 0.0996 e. The normalized spacial score (nSPS) is 10.6. The molecular weight excluding hydrogens is 210 g/mol. The number of para-hydroxylation sites is 1. The zero-order chi connectivity index (χ0) is 11.7. The number of rotatable bonds is 2. The fourth-order valence-corrected chi connectivity index (χ4v) is 2.09. The predicted molar refractivity (Wildman–Crippen MR) is 68.2 cm³/mol. The number of hydrogen-bond donors (Lipinski definition) is 0. The summed E-state index contributed by atoms with van der Waals surface area (Å²) >= 11 is 0. The number of nitrogens with zero attached hydrogens (tertiary/aromatic N) is 1. The van der Waals surface area contributed by atoms with E-state index < -0.39 is 0 Å². The van der Waals surface area contributed by atoms with Crippen molar-refractivity contribution in [2.75, 3.05) is 0 Å². The predicted octanol–water partition coefficient (Wildman–Crippen LogP) is 4.05. The van der Waals surface area contributed by atoms with E-state index >= 15 is 0 Å². The molecule has 3 aromatic rings. The fraction of sp³-hybridized carbons (Fsp3) is 0.0667. The van der Waals surface area contributed by atoms with Gasteiger partial charge in [-0.25, -0.2) is 0 Å². The highest BCUT2D eigenvalue weighted by Gasteiger charge is 2.09. The molecule has 0 aliphatic rings. The second-order valence-electron chi connectivity index (χ2n) is 4.04. The van der Waals surface area contributed by atoms with Gasteiger partial charge in [-0.15, -0.1) is 0 Å². The summed E-state index contributed by atoms with van der Waals surface area (Å²) in [4.78, 5) is 0. The van der Waals surface area contributed by atoms with E-state index in [1.807, 2.05) is 24.3 Å². The highest BCUT2D eigenvalue weighted by atomic mass is 16.3. The number of aryl methyl sites for hydroxylation is 1. The van der Waals surface area contributed by atoms with Crippen molar-refractivity contribution < 1.29 is 4.42 Å². The van der Waals surface area contributed by atoms with Gasteiger partial charge in [-0.05, 0) is 37.3 Å². The van der Waals surface area contributed by atoms with Crippen LogP contribution < -0.4 is 0 Å². The fourth-order valence-electron chi connectivity index (χ4n) is 2.09. The molecule has 2 heteroatoms. The third-order valence-electron chi connectivity index (χ3n) is 2.91. The molecule has 1 aromatic carbocycles. The van der Waals surface area contributed by atoms with Gasteiger partial charge >= 0.3 is 0 Å². The first-order chi connectivity index (χ1) is 8.36. The Morgan fingerprint density at radius 1 is 0.941 bits per heavy atom. The molecule has 0 saturated heterocycles. The van der Waals surface area contributed by atoms with Crippen LogP contribution in [0.1, 0.15) is 5.69 Å². The molecule has 2 heterocycles. The Bertz CT molecular complexity index is 606. The molecule has 0 fully saturated rings. The summed E-state index contributed by atoms with van der Waals surface area (Å²) in [6.45, 7) is 2.11. The van der Waals surface area contributed by atoms with Crippen molar-refractivity contribution in [1.29, 1.82) is 0 Å². The van der Waals surface area contributed by atoms with Gasteiger partial charge in [0.2, 0.25) is 0 Å². The molecule has 0 atom stereocenters. The van der Waals surface area contributed by atoms with Gasteiger partial charge in [0.15, 0.2) is 0 Å².